The lowest BCUT2D eigenvalue weighted by Gasteiger charge is -2.51. The fourth-order valence-electron chi connectivity index (χ4n) is 16.1. The third-order valence-corrected chi connectivity index (χ3v) is 26.3. The molecular formula is C79H90N4O17SSi. The second kappa shape index (κ2) is 31.7. The molecule has 102 heavy (non-hydrogen) atoms. The summed E-state index contributed by atoms with van der Waals surface area (Å²) in [6, 6.07) is 56.4. The van der Waals surface area contributed by atoms with Crippen molar-refractivity contribution in [1.82, 2.24) is 20.2 Å². The molecule has 0 radical (unpaired) electrons. The van der Waals surface area contributed by atoms with Crippen LogP contribution in [0.15, 0.2) is 201 Å². The first-order valence-electron chi connectivity index (χ1n) is 35.7. The maximum Gasteiger partial charge on any atom is 0.407 e. The summed E-state index contributed by atoms with van der Waals surface area (Å²) in [5.74, 6) is -1.07. The van der Waals surface area contributed by atoms with Gasteiger partial charge in [-0.15, -0.1) is 0 Å². The second-order valence-electron chi connectivity index (χ2n) is 28.6. The molecule has 14 rings (SSSR count). The maximum atomic E-state index is 14.6. The molecule has 0 bridgehead atoms. The molecule has 7 fully saturated rings. The van der Waals surface area contributed by atoms with Crippen molar-refractivity contribution in [3.05, 3.63) is 223 Å². The van der Waals surface area contributed by atoms with Gasteiger partial charge >= 0.3 is 18.2 Å². The molecule has 7 aliphatic rings. The summed E-state index contributed by atoms with van der Waals surface area (Å²) in [5, 5.41) is 20.3. The number of amides is 2. The van der Waals surface area contributed by atoms with Crippen LogP contribution in [0, 0.1) is 11.8 Å². The Morgan fingerprint density at radius 3 is 1.64 bits per heavy atom. The highest BCUT2D eigenvalue weighted by Gasteiger charge is 2.62. The van der Waals surface area contributed by atoms with E-state index < -0.39 is 136 Å². The van der Waals surface area contributed by atoms with Crippen molar-refractivity contribution in [3.63, 3.8) is 0 Å². The Morgan fingerprint density at radius 1 is 0.598 bits per heavy atom. The average Bonchev–Trinajstić information content (AvgIpc) is 1.30. The van der Waals surface area contributed by atoms with Crippen LogP contribution in [0.4, 0.5) is 9.59 Å². The monoisotopic (exact) mass is 1430 g/mol. The lowest BCUT2D eigenvalue weighted by molar-refractivity contribution is -0.327. The van der Waals surface area contributed by atoms with Crippen molar-refractivity contribution in [2.75, 3.05) is 0 Å². The Balaban J connectivity index is 0.843. The Labute approximate surface area is 601 Å². The van der Waals surface area contributed by atoms with E-state index in [0.717, 1.165) is 32.6 Å². The third-order valence-electron chi connectivity index (χ3n) is 21.0. The number of rotatable bonds is 20. The predicted molar refractivity (Wildman–Crippen MR) is 380 cm³/mol. The summed E-state index contributed by atoms with van der Waals surface area (Å²) in [6.45, 7) is 10.5. The molecule has 6 aromatic carbocycles. The zero-order valence-electron chi connectivity index (χ0n) is 57.8. The summed E-state index contributed by atoms with van der Waals surface area (Å²) in [7, 11) is -3.65. The smallest absolute Gasteiger partial charge is 0.407 e. The molecule has 21 nitrogen and oxygen atoms in total. The van der Waals surface area contributed by atoms with Crippen LogP contribution in [0.25, 0.3) is 0 Å². The number of benzene rings is 6. The van der Waals surface area contributed by atoms with Crippen molar-refractivity contribution in [2.45, 2.75) is 214 Å². The van der Waals surface area contributed by atoms with E-state index in [1.807, 2.05) is 172 Å². The maximum absolute atomic E-state index is 14.6. The van der Waals surface area contributed by atoms with Gasteiger partial charge < -0.3 is 77.0 Å². The van der Waals surface area contributed by atoms with Gasteiger partial charge in [-0.05, 0) is 94.3 Å². The first-order valence-corrected chi connectivity index (χ1v) is 38.0. The molecular weight excluding hydrogens is 1340 g/mol. The first kappa shape index (κ1) is 71.2. The summed E-state index contributed by atoms with van der Waals surface area (Å²) in [5.41, 5.74) is 3.44. The molecule has 0 spiro atoms. The molecule has 6 aliphatic heterocycles. The fraction of sp³-hybridized carbons (Fsp3) is 0.456. The lowest BCUT2D eigenvalue weighted by atomic mass is 9.76. The van der Waals surface area contributed by atoms with E-state index in [0.29, 0.717) is 38.5 Å². The summed E-state index contributed by atoms with van der Waals surface area (Å²) in [6.07, 6.45) is -9.78. The minimum absolute atomic E-state index is 0.0362. The largest absolute Gasteiger partial charge is 0.462 e. The number of carbonyl (C=O) groups is 3. The van der Waals surface area contributed by atoms with Gasteiger partial charge in [0, 0.05) is 18.3 Å². The van der Waals surface area contributed by atoms with Crippen LogP contribution in [0.1, 0.15) is 114 Å². The van der Waals surface area contributed by atoms with Gasteiger partial charge in [0.1, 0.15) is 74.4 Å². The first-order chi connectivity index (χ1) is 49.6. The molecule has 6 saturated heterocycles. The summed E-state index contributed by atoms with van der Waals surface area (Å²) >= 11 is 6.02. The highest BCUT2D eigenvalue weighted by atomic mass is 32.1. The van der Waals surface area contributed by atoms with E-state index in [-0.39, 0.29) is 48.9 Å². The van der Waals surface area contributed by atoms with Crippen molar-refractivity contribution >= 4 is 54.2 Å². The van der Waals surface area contributed by atoms with E-state index in [4.69, 9.17) is 73.5 Å². The zero-order chi connectivity index (χ0) is 70.5. The minimum Gasteiger partial charge on any atom is -0.462 e. The highest BCUT2D eigenvalue weighted by molar-refractivity contribution is 7.80. The van der Waals surface area contributed by atoms with Crippen LogP contribution in [0.3, 0.4) is 0 Å². The molecule has 7 heterocycles. The predicted octanol–water partition coefficient (Wildman–Crippen LogP) is 10.8. The van der Waals surface area contributed by atoms with Crippen LogP contribution in [-0.4, -0.2) is 151 Å². The van der Waals surface area contributed by atoms with E-state index in [2.05, 4.69) is 60.7 Å². The summed E-state index contributed by atoms with van der Waals surface area (Å²) < 4.78 is 93.2. The number of fused-ring (bicyclic) bond motifs is 3. The average molecular weight is 1430 g/mol. The number of aliphatic hydroxyl groups excluding tert-OH is 1. The Morgan fingerprint density at radius 2 is 1.10 bits per heavy atom. The molecule has 3 unspecified atom stereocenters. The fourth-order valence-corrected chi connectivity index (χ4v) is 21.0. The quantitative estimate of drug-likeness (QED) is 0.0279. The number of aliphatic hydroxyl groups is 1. The number of nitrogens with one attached hydrogen (secondary N) is 2. The van der Waals surface area contributed by atoms with E-state index in [1.165, 1.54) is 6.33 Å². The van der Waals surface area contributed by atoms with Crippen LogP contribution in [-0.2, 0) is 79.3 Å². The standard InChI is InChI=1S/C79H90N4O17SSi/c1-6-56-68(97-73-62(81-76(86)88-45-49-25-13-7-14-26-49)64(85)67-59(93-73)39-37-57(90-67)51-29-17-9-18-30-51)72(100-102(79(3,4)5,54-33-21-11-22-34-54)55-35-23-12-24-36-55)75(92-56)98-71-65(48(2)43-53-44-61(84)95-66(53)71)96-74-63(82-77(87)89-46-50-27-15-8-16-28-50)70(99-78(101)83-42-41-80-47-83)69-60(94-74)40-38-58(91-69)52-31-19-10-20-32-52/h7-36,41-42,47-48,53,56-60,62-75,85H,6,37-40,43-46H2,1-5H3,(H,81,86)(H,82,87)/t48-,53-,56+,57?,58?,59-,60+,62+,63?,64+,65+,66-,67+,68+,69+,70+,71-,72+,73+,74+,75-/m0/s1. The van der Waals surface area contributed by atoms with Crippen LogP contribution >= 0.6 is 12.2 Å². The van der Waals surface area contributed by atoms with Crippen LogP contribution in [0.5, 0.6) is 0 Å². The topological polar surface area (TPSA) is 233 Å². The molecule has 23 heteroatoms. The Hall–Kier alpha value is -7.75. The van der Waals surface area contributed by atoms with Crippen LogP contribution in [0.2, 0.25) is 5.04 Å². The van der Waals surface area contributed by atoms with Gasteiger partial charge in [-0.2, -0.15) is 0 Å². The van der Waals surface area contributed by atoms with Crippen LogP contribution < -0.4 is 21.0 Å². The number of esters is 1. The number of imidazole rings is 1. The SMILES string of the molecule is CC[C@H]1O[C@@H](O[C@@H]2[C@H]3OC(=O)C[C@@H]3C[C@H](C)[C@H]2O[C@H]2O[C@@H]3CCC(c4ccccc4)O[C@H]3[C@H](OC(=S)n3ccnc3)C2NC(=O)OCc2ccccc2)[C@H](O[Si](c2ccccc2)(c2ccccc2)C(C)(C)C)[C@@H]1O[C@H]1O[C@H]2CCC(c3ccccc3)O[C@H]2[C@H](O)[C@H]1NC(=O)OCc1ccccc1. The number of carbonyl (C=O) groups excluding carboxylic acids is 3. The van der Waals surface area contributed by atoms with Gasteiger partial charge in [-0.3, -0.25) is 9.36 Å². The highest BCUT2D eigenvalue weighted by Crippen LogP contribution is 2.48. The molecule has 1 saturated carbocycles. The van der Waals surface area contributed by atoms with Gasteiger partial charge in [0.15, 0.2) is 25.0 Å². The third kappa shape index (κ3) is 15.4. The molecule has 538 valence electrons. The van der Waals surface area contributed by atoms with E-state index >= 15 is 0 Å². The minimum atomic E-state index is -3.65. The molecule has 7 aromatic rings. The molecule has 1 aliphatic carbocycles. The molecule has 3 N–H and O–H groups in total. The Kier molecular flexibility index (Phi) is 22.1. The van der Waals surface area contributed by atoms with Gasteiger partial charge in [-0.25, -0.2) is 14.6 Å². The molecule has 21 atom stereocenters. The van der Waals surface area contributed by atoms with Gasteiger partial charge in [0.25, 0.3) is 13.5 Å². The van der Waals surface area contributed by atoms with Crippen molar-refractivity contribution in [1.29, 1.82) is 0 Å². The van der Waals surface area contributed by atoms with Gasteiger partial charge in [0.2, 0.25) is 0 Å². The van der Waals surface area contributed by atoms with E-state index in [1.54, 1.807) is 17.0 Å². The second-order valence-corrected chi connectivity index (χ2v) is 33.2. The van der Waals surface area contributed by atoms with Crippen molar-refractivity contribution < 1.29 is 80.8 Å². The van der Waals surface area contributed by atoms with Crippen molar-refractivity contribution in [2.24, 2.45) is 11.8 Å². The summed E-state index contributed by atoms with van der Waals surface area (Å²) in [4.78, 5) is 47.1. The van der Waals surface area contributed by atoms with Gasteiger partial charge in [0.05, 0.1) is 43.0 Å². The number of hydrogen-bond donors (Lipinski definition) is 3. The number of ether oxygens (including phenoxy) is 12. The molecule has 1 aromatic heterocycles. The normalized spacial score (nSPS) is 32.2. The number of hydrogen-bond acceptors (Lipinski definition) is 19. The zero-order valence-corrected chi connectivity index (χ0v) is 59.6. The van der Waals surface area contributed by atoms with E-state index in [9.17, 15) is 19.5 Å². The lowest BCUT2D eigenvalue weighted by Crippen LogP contribution is -2.70. The number of nitrogens with zero attached hydrogens (tertiary/aromatic N) is 2. The Bertz CT molecular complexity index is 3850. The number of aromatic nitrogens is 2. The van der Waals surface area contributed by atoms with Crippen molar-refractivity contribution in [3.8, 4) is 0 Å². The number of thiocarbonyl (C=S) groups is 1. The molecule has 2 amide bonds. The number of alkyl carbamates (subject to hydrolysis) is 2. The van der Waals surface area contributed by atoms with Gasteiger partial charge in [-0.1, -0.05) is 217 Å².